The summed E-state index contributed by atoms with van der Waals surface area (Å²) in [7, 11) is 0. The summed E-state index contributed by atoms with van der Waals surface area (Å²) in [5.74, 6) is -1.56. The van der Waals surface area contributed by atoms with E-state index < -0.39 is 23.6 Å². The third-order valence-corrected chi connectivity index (χ3v) is 2.61. The third kappa shape index (κ3) is 9.75. The number of hydrogen-bond donors (Lipinski definition) is 2. The third-order valence-electron chi connectivity index (χ3n) is 2.61. The van der Waals surface area contributed by atoms with E-state index in [1.807, 2.05) is 20.8 Å². The zero-order valence-corrected chi connectivity index (χ0v) is 13.1. The number of hydrogen-bond acceptors (Lipinski definition) is 5. The second-order valence-electron chi connectivity index (χ2n) is 6.43. The largest absolute Gasteiger partial charge is 0.480 e. The monoisotopic (exact) mass is 289 g/mol. The predicted molar refractivity (Wildman–Crippen MR) is 75.3 cm³/mol. The SMILES string of the molecule is CC(C)(C)OCCC(C)(C)OC(=O)CC[C@@H](N)C(=O)O. The molecule has 0 fully saturated rings. The highest BCUT2D eigenvalue weighted by Gasteiger charge is 2.24. The average molecular weight is 289 g/mol. The first-order valence-corrected chi connectivity index (χ1v) is 6.77. The van der Waals surface area contributed by atoms with Crippen LogP contribution >= 0.6 is 0 Å². The molecule has 0 spiro atoms. The van der Waals surface area contributed by atoms with Gasteiger partial charge in [-0.3, -0.25) is 9.59 Å². The van der Waals surface area contributed by atoms with Crippen molar-refractivity contribution in [1.82, 2.24) is 0 Å². The van der Waals surface area contributed by atoms with Gasteiger partial charge in [0.05, 0.1) is 12.2 Å². The van der Waals surface area contributed by atoms with Gasteiger partial charge in [-0.15, -0.1) is 0 Å². The first-order valence-electron chi connectivity index (χ1n) is 6.77. The van der Waals surface area contributed by atoms with Crippen LogP contribution in [0.25, 0.3) is 0 Å². The van der Waals surface area contributed by atoms with Gasteiger partial charge in [0.25, 0.3) is 0 Å². The van der Waals surface area contributed by atoms with Crippen LogP contribution in [0.4, 0.5) is 0 Å². The summed E-state index contributed by atoms with van der Waals surface area (Å²) in [4.78, 5) is 22.2. The van der Waals surface area contributed by atoms with E-state index in [4.69, 9.17) is 20.3 Å². The van der Waals surface area contributed by atoms with E-state index in [0.29, 0.717) is 13.0 Å². The molecular weight excluding hydrogens is 262 g/mol. The number of carbonyl (C=O) groups excluding carboxylic acids is 1. The fourth-order valence-corrected chi connectivity index (χ4v) is 1.41. The zero-order valence-electron chi connectivity index (χ0n) is 13.1. The maximum Gasteiger partial charge on any atom is 0.320 e. The molecule has 0 rings (SSSR count). The number of ether oxygens (including phenoxy) is 2. The van der Waals surface area contributed by atoms with Crippen molar-refractivity contribution in [1.29, 1.82) is 0 Å². The van der Waals surface area contributed by atoms with Gasteiger partial charge in [0.1, 0.15) is 11.6 Å². The fourth-order valence-electron chi connectivity index (χ4n) is 1.41. The molecule has 0 amide bonds. The lowest BCUT2D eigenvalue weighted by atomic mass is 10.1. The highest BCUT2D eigenvalue weighted by molar-refractivity contribution is 5.75. The molecule has 6 nitrogen and oxygen atoms in total. The van der Waals surface area contributed by atoms with E-state index in [0.717, 1.165) is 0 Å². The van der Waals surface area contributed by atoms with E-state index in [-0.39, 0.29) is 18.4 Å². The second-order valence-corrected chi connectivity index (χ2v) is 6.43. The summed E-state index contributed by atoms with van der Waals surface area (Å²) in [6.45, 7) is 9.96. The molecule has 0 aromatic rings. The number of carbonyl (C=O) groups is 2. The quantitative estimate of drug-likeness (QED) is 0.660. The molecule has 3 N–H and O–H groups in total. The topological polar surface area (TPSA) is 98.9 Å². The molecule has 0 radical (unpaired) electrons. The van der Waals surface area contributed by atoms with Gasteiger partial charge in [-0.05, 0) is 41.0 Å². The number of carboxylic acids is 1. The van der Waals surface area contributed by atoms with Crippen molar-refractivity contribution < 1.29 is 24.2 Å². The zero-order chi connectivity index (χ0) is 16.0. The van der Waals surface area contributed by atoms with E-state index in [9.17, 15) is 9.59 Å². The van der Waals surface area contributed by atoms with E-state index in [2.05, 4.69) is 0 Å². The molecule has 0 aromatic heterocycles. The molecule has 0 saturated carbocycles. The number of esters is 1. The Morgan fingerprint density at radius 1 is 1.20 bits per heavy atom. The molecule has 0 aromatic carbocycles. The Morgan fingerprint density at radius 2 is 1.75 bits per heavy atom. The predicted octanol–water partition coefficient (Wildman–Crippen LogP) is 1.71. The number of rotatable bonds is 8. The Hall–Kier alpha value is -1.14. The van der Waals surface area contributed by atoms with Gasteiger partial charge in [0.15, 0.2) is 0 Å². The van der Waals surface area contributed by atoms with Crippen molar-refractivity contribution in [3.05, 3.63) is 0 Å². The Labute approximate surface area is 120 Å². The van der Waals surface area contributed by atoms with Gasteiger partial charge >= 0.3 is 11.9 Å². The van der Waals surface area contributed by atoms with Crippen LogP contribution in [-0.4, -0.2) is 40.9 Å². The van der Waals surface area contributed by atoms with Crippen LogP contribution in [0.3, 0.4) is 0 Å². The summed E-state index contributed by atoms with van der Waals surface area (Å²) < 4.78 is 10.9. The number of carboxylic acid groups (broad SMARTS) is 1. The van der Waals surface area contributed by atoms with Crippen molar-refractivity contribution in [2.45, 2.75) is 71.1 Å². The first-order chi connectivity index (χ1) is 8.93. The molecule has 0 unspecified atom stereocenters. The Kier molecular flexibility index (Phi) is 7.16. The lowest BCUT2D eigenvalue weighted by molar-refractivity contribution is -0.159. The molecule has 0 heterocycles. The molecule has 6 heteroatoms. The van der Waals surface area contributed by atoms with Crippen molar-refractivity contribution in [3.8, 4) is 0 Å². The summed E-state index contributed by atoms with van der Waals surface area (Å²) >= 11 is 0. The van der Waals surface area contributed by atoms with Gasteiger partial charge in [-0.1, -0.05) is 0 Å². The van der Waals surface area contributed by atoms with Gasteiger partial charge in [0, 0.05) is 12.8 Å². The summed E-state index contributed by atoms with van der Waals surface area (Å²) in [6.07, 6.45) is 0.640. The minimum atomic E-state index is -1.12. The van der Waals surface area contributed by atoms with Crippen LogP contribution in [0.5, 0.6) is 0 Å². The van der Waals surface area contributed by atoms with Crippen molar-refractivity contribution >= 4 is 11.9 Å². The molecule has 118 valence electrons. The lowest BCUT2D eigenvalue weighted by Gasteiger charge is -2.27. The fraction of sp³-hybridized carbons (Fsp3) is 0.857. The van der Waals surface area contributed by atoms with Crippen LogP contribution < -0.4 is 5.73 Å². The van der Waals surface area contributed by atoms with E-state index >= 15 is 0 Å². The second kappa shape index (κ2) is 7.59. The molecule has 0 aliphatic rings. The van der Waals surface area contributed by atoms with Crippen LogP contribution in [0.2, 0.25) is 0 Å². The molecule has 20 heavy (non-hydrogen) atoms. The van der Waals surface area contributed by atoms with Crippen LogP contribution in [-0.2, 0) is 19.1 Å². The molecular formula is C14H27NO5. The first kappa shape index (κ1) is 18.9. The molecule has 0 saturated heterocycles. The van der Waals surface area contributed by atoms with Gasteiger partial charge < -0.3 is 20.3 Å². The van der Waals surface area contributed by atoms with Crippen LogP contribution in [0, 0.1) is 0 Å². The van der Waals surface area contributed by atoms with Crippen LogP contribution in [0.15, 0.2) is 0 Å². The lowest BCUT2D eigenvalue weighted by Crippen LogP contribution is -2.34. The average Bonchev–Trinajstić information content (AvgIpc) is 2.22. The van der Waals surface area contributed by atoms with E-state index in [1.165, 1.54) is 0 Å². The molecule has 0 bridgehead atoms. The summed E-state index contributed by atoms with van der Waals surface area (Å²) in [5.41, 5.74) is 4.46. The normalized spacial score (nSPS) is 13.9. The summed E-state index contributed by atoms with van der Waals surface area (Å²) in [6, 6.07) is -1.03. The Balaban J connectivity index is 4.06. The minimum Gasteiger partial charge on any atom is -0.480 e. The number of nitrogens with two attached hydrogens (primary N) is 1. The van der Waals surface area contributed by atoms with E-state index in [1.54, 1.807) is 13.8 Å². The molecule has 0 aliphatic carbocycles. The molecule has 1 atom stereocenters. The highest BCUT2D eigenvalue weighted by atomic mass is 16.6. The van der Waals surface area contributed by atoms with Crippen LogP contribution in [0.1, 0.15) is 53.9 Å². The number of aliphatic carboxylic acids is 1. The molecule has 0 aliphatic heterocycles. The minimum absolute atomic E-state index is 0.00295. The Morgan fingerprint density at radius 3 is 2.20 bits per heavy atom. The van der Waals surface area contributed by atoms with Gasteiger partial charge in [0.2, 0.25) is 0 Å². The Bertz CT molecular complexity index is 333. The van der Waals surface area contributed by atoms with Crippen molar-refractivity contribution in [3.63, 3.8) is 0 Å². The van der Waals surface area contributed by atoms with Crippen molar-refractivity contribution in [2.24, 2.45) is 5.73 Å². The maximum absolute atomic E-state index is 11.6. The summed E-state index contributed by atoms with van der Waals surface area (Å²) in [5, 5.41) is 8.63. The smallest absolute Gasteiger partial charge is 0.320 e. The highest BCUT2D eigenvalue weighted by Crippen LogP contribution is 2.18. The van der Waals surface area contributed by atoms with Gasteiger partial charge in [-0.2, -0.15) is 0 Å². The maximum atomic E-state index is 11.6. The standard InChI is InChI=1S/C14H27NO5/c1-13(2,3)19-9-8-14(4,5)20-11(16)7-6-10(15)12(17)18/h10H,6-9,15H2,1-5H3,(H,17,18)/t10-/m1/s1. The van der Waals surface area contributed by atoms with Gasteiger partial charge in [-0.25, -0.2) is 0 Å². The van der Waals surface area contributed by atoms with Crippen molar-refractivity contribution in [2.75, 3.05) is 6.61 Å².